The maximum atomic E-state index is 13.6. The summed E-state index contributed by atoms with van der Waals surface area (Å²) in [4.78, 5) is 12.9. The topological polar surface area (TPSA) is 94.2 Å². The van der Waals surface area contributed by atoms with Crippen molar-refractivity contribution in [2.75, 3.05) is 31.6 Å². The Balaban J connectivity index is 1.64. The minimum absolute atomic E-state index is 0.0379. The standard InChI is InChI=1S/C24H21ClN2O6S/c1-15-2-7-20-19(12-15)26-24(28)18-13-23(34(29,30)27-8-10-31-11-9-27)22(14-21(18)33-20)32-17-5-3-16(25)4-6-17/h2-7,12-14H,8-11H2,1H3,(H,26,28). The molecule has 0 saturated carbocycles. The Bertz CT molecular complexity index is 1370. The van der Waals surface area contributed by atoms with Gasteiger partial charge in [0.2, 0.25) is 10.0 Å². The molecular formula is C24H21ClN2O6S. The molecule has 1 saturated heterocycles. The van der Waals surface area contributed by atoms with Crippen molar-refractivity contribution >= 4 is 33.2 Å². The molecule has 1 amide bonds. The van der Waals surface area contributed by atoms with Crippen LogP contribution in [0.5, 0.6) is 23.0 Å². The zero-order chi connectivity index (χ0) is 23.9. The van der Waals surface area contributed by atoms with Gasteiger partial charge in [-0.3, -0.25) is 4.79 Å². The zero-order valence-electron chi connectivity index (χ0n) is 18.2. The van der Waals surface area contributed by atoms with Crippen LogP contribution in [-0.4, -0.2) is 44.9 Å². The molecule has 0 spiro atoms. The fraction of sp³-hybridized carbons (Fsp3) is 0.208. The summed E-state index contributed by atoms with van der Waals surface area (Å²) in [5.41, 5.74) is 1.53. The first-order valence-corrected chi connectivity index (χ1v) is 12.4. The Morgan fingerprint density at radius 2 is 1.74 bits per heavy atom. The maximum Gasteiger partial charge on any atom is 0.259 e. The largest absolute Gasteiger partial charge is 0.456 e. The number of amides is 1. The van der Waals surface area contributed by atoms with E-state index in [0.717, 1.165) is 5.56 Å². The van der Waals surface area contributed by atoms with E-state index in [1.807, 2.05) is 13.0 Å². The number of anilines is 1. The molecule has 5 rings (SSSR count). The Morgan fingerprint density at radius 3 is 2.47 bits per heavy atom. The molecule has 1 N–H and O–H groups in total. The van der Waals surface area contributed by atoms with Crippen LogP contribution >= 0.6 is 11.6 Å². The number of nitrogens with zero attached hydrogens (tertiary/aromatic N) is 1. The van der Waals surface area contributed by atoms with Gasteiger partial charge in [0.15, 0.2) is 11.5 Å². The zero-order valence-corrected chi connectivity index (χ0v) is 19.8. The lowest BCUT2D eigenvalue weighted by Crippen LogP contribution is -2.40. The van der Waals surface area contributed by atoms with Crippen LogP contribution in [0.3, 0.4) is 0 Å². The number of carbonyl (C=O) groups is 1. The number of fused-ring (bicyclic) bond motifs is 2. The van der Waals surface area contributed by atoms with Crippen molar-refractivity contribution < 1.29 is 27.4 Å². The van der Waals surface area contributed by atoms with E-state index in [1.54, 1.807) is 36.4 Å². The lowest BCUT2D eigenvalue weighted by Gasteiger charge is -2.27. The summed E-state index contributed by atoms with van der Waals surface area (Å²) in [6, 6.07) is 14.7. The van der Waals surface area contributed by atoms with Gasteiger partial charge in [-0.1, -0.05) is 17.7 Å². The number of rotatable bonds is 4. The van der Waals surface area contributed by atoms with Crippen molar-refractivity contribution in [2.45, 2.75) is 11.8 Å². The number of benzene rings is 3. The maximum absolute atomic E-state index is 13.6. The number of hydrogen-bond acceptors (Lipinski definition) is 6. The monoisotopic (exact) mass is 500 g/mol. The van der Waals surface area contributed by atoms with E-state index in [9.17, 15) is 13.2 Å². The minimum atomic E-state index is -4.00. The molecule has 10 heteroatoms. The average molecular weight is 501 g/mol. The van der Waals surface area contributed by atoms with Gasteiger partial charge in [0.05, 0.1) is 24.5 Å². The summed E-state index contributed by atoms with van der Waals surface area (Å²) in [7, 11) is -4.00. The number of hydrogen-bond donors (Lipinski definition) is 1. The lowest BCUT2D eigenvalue weighted by molar-refractivity contribution is 0.0729. The van der Waals surface area contributed by atoms with E-state index in [-0.39, 0.29) is 48.3 Å². The van der Waals surface area contributed by atoms with Crippen molar-refractivity contribution in [3.8, 4) is 23.0 Å². The molecule has 0 unspecified atom stereocenters. The van der Waals surface area contributed by atoms with Gasteiger partial charge in [-0.05, 0) is 55.0 Å². The summed E-state index contributed by atoms with van der Waals surface area (Å²) < 4.78 is 45.8. The second-order valence-electron chi connectivity index (χ2n) is 7.92. The molecule has 0 aromatic heterocycles. The lowest BCUT2D eigenvalue weighted by atomic mass is 10.1. The highest BCUT2D eigenvalue weighted by atomic mass is 35.5. The smallest absolute Gasteiger partial charge is 0.259 e. The fourth-order valence-corrected chi connectivity index (χ4v) is 5.43. The van der Waals surface area contributed by atoms with Crippen LogP contribution in [-0.2, 0) is 14.8 Å². The molecule has 3 aromatic rings. The van der Waals surface area contributed by atoms with Gasteiger partial charge < -0.3 is 19.5 Å². The Morgan fingerprint density at radius 1 is 1.00 bits per heavy atom. The third kappa shape index (κ3) is 4.35. The number of nitrogens with one attached hydrogen (secondary N) is 1. The Kier molecular flexibility index (Phi) is 5.95. The van der Waals surface area contributed by atoms with E-state index in [4.69, 9.17) is 25.8 Å². The number of halogens is 1. The third-order valence-electron chi connectivity index (χ3n) is 5.52. The molecule has 2 heterocycles. The van der Waals surface area contributed by atoms with Crippen LogP contribution < -0.4 is 14.8 Å². The molecular weight excluding hydrogens is 480 g/mol. The number of sulfonamides is 1. The number of aryl methyl sites for hydroxylation is 1. The molecule has 2 aliphatic heterocycles. The summed E-state index contributed by atoms with van der Waals surface area (Å²) in [5.74, 6) is 0.576. The number of carbonyl (C=O) groups excluding carboxylic acids is 1. The molecule has 8 nitrogen and oxygen atoms in total. The van der Waals surface area contributed by atoms with Gasteiger partial charge >= 0.3 is 0 Å². The molecule has 0 bridgehead atoms. The normalized spacial score (nSPS) is 16.0. The van der Waals surface area contributed by atoms with E-state index in [0.29, 0.717) is 22.2 Å². The van der Waals surface area contributed by atoms with E-state index >= 15 is 0 Å². The second-order valence-corrected chi connectivity index (χ2v) is 10.3. The SMILES string of the molecule is Cc1ccc2c(c1)NC(=O)c1cc(S(=O)(=O)N3CCOCC3)c(Oc3ccc(Cl)cc3)cc1O2. The summed E-state index contributed by atoms with van der Waals surface area (Å²) in [6.07, 6.45) is 0. The predicted octanol–water partition coefficient (Wildman–Crippen LogP) is 4.82. The Labute approximate surface area is 202 Å². The van der Waals surface area contributed by atoms with Gasteiger partial charge in [0, 0.05) is 24.2 Å². The van der Waals surface area contributed by atoms with Crippen molar-refractivity contribution in [3.05, 3.63) is 70.7 Å². The van der Waals surface area contributed by atoms with E-state index < -0.39 is 15.9 Å². The molecule has 34 heavy (non-hydrogen) atoms. The van der Waals surface area contributed by atoms with Crippen LogP contribution in [0, 0.1) is 6.92 Å². The van der Waals surface area contributed by atoms with Crippen molar-refractivity contribution in [1.82, 2.24) is 4.31 Å². The van der Waals surface area contributed by atoms with Gasteiger partial charge in [-0.15, -0.1) is 0 Å². The van der Waals surface area contributed by atoms with Crippen LogP contribution in [0.4, 0.5) is 5.69 Å². The van der Waals surface area contributed by atoms with Crippen LogP contribution in [0.25, 0.3) is 0 Å². The average Bonchev–Trinajstić information content (AvgIpc) is 2.95. The van der Waals surface area contributed by atoms with Crippen LogP contribution in [0.1, 0.15) is 15.9 Å². The summed E-state index contributed by atoms with van der Waals surface area (Å²) >= 11 is 5.97. The van der Waals surface area contributed by atoms with Crippen LogP contribution in [0.15, 0.2) is 59.5 Å². The van der Waals surface area contributed by atoms with Crippen molar-refractivity contribution in [2.24, 2.45) is 0 Å². The first-order chi connectivity index (χ1) is 16.3. The van der Waals surface area contributed by atoms with Crippen LogP contribution in [0.2, 0.25) is 5.02 Å². The first kappa shape index (κ1) is 22.7. The van der Waals surface area contributed by atoms with Gasteiger partial charge in [0.25, 0.3) is 5.91 Å². The fourth-order valence-electron chi connectivity index (χ4n) is 3.78. The highest BCUT2D eigenvalue weighted by molar-refractivity contribution is 7.89. The highest BCUT2D eigenvalue weighted by Gasteiger charge is 2.33. The van der Waals surface area contributed by atoms with Gasteiger partial charge in [-0.2, -0.15) is 4.31 Å². The molecule has 1 fully saturated rings. The van der Waals surface area contributed by atoms with Gasteiger partial charge in [-0.25, -0.2) is 8.42 Å². The third-order valence-corrected chi connectivity index (χ3v) is 7.69. The molecule has 0 radical (unpaired) electrons. The highest BCUT2D eigenvalue weighted by Crippen LogP contribution is 2.42. The second kappa shape index (κ2) is 8.92. The van der Waals surface area contributed by atoms with E-state index in [1.165, 1.54) is 16.4 Å². The molecule has 2 aliphatic rings. The number of morpholine rings is 1. The number of ether oxygens (including phenoxy) is 3. The molecule has 3 aromatic carbocycles. The van der Waals surface area contributed by atoms with Crippen molar-refractivity contribution in [3.63, 3.8) is 0 Å². The quantitative estimate of drug-likeness (QED) is 0.552. The minimum Gasteiger partial charge on any atom is -0.456 e. The van der Waals surface area contributed by atoms with E-state index in [2.05, 4.69) is 5.32 Å². The molecule has 176 valence electrons. The summed E-state index contributed by atoms with van der Waals surface area (Å²) in [6.45, 7) is 2.88. The predicted molar refractivity (Wildman–Crippen MR) is 127 cm³/mol. The van der Waals surface area contributed by atoms with Gasteiger partial charge in [0.1, 0.15) is 16.4 Å². The van der Waals surface area contributed by atoms with Crippen molar-refractivity contribution in [1.29, 1.82) is 0 Å². The summed E-state index contributed by atoms with van der Waals surface area (Å²) in [5, 5.41) is 3.32. The first-order valence-electron chi connectivity index (χ1n) is 10.6. The molecule has 0 atom stereocenters. The molecule has 0 aliphatic carbocycles. The Hall–Kier alpha value is -3.11.